The van der Waals surface area contributed by atoms with Gasteiger partial charge in [-0.05, 0) is 56.1 Å². The van der Waals surface area contributed by atoms with Crippen molar-refractivity contribution >= 4 is 10.9 Å². The number of rotatable bonds is 4. The van der Waals surface area contributed by atoms with Crippen LogP contribution in [0.2, 0.25) is 0 Å². The van der Waals surface area contributed by atoms with Gasteiger partial charge in [0.1, 0.15) is 0 Å². The fourth-order valence-corrected chi connectivity index (χ4v) is 4.12. The van der Waals surface area contributed by atoms with Crippen LogP contribution < -0.4 is 5.32 Å². The second-order valence-electron chi connectivity index (χ2n) is 6.57. The van der Waals surface area contributed by atoms with Crippen LogP contribution in [0.3, 0.4) is 0 Å². The number of H-pyrrole nitrogens is 1. The first-order chi connectivity index (χ1) is 9.29. The molecule has 3 saturated carbocycles. The third kappa shape index (κ3) is 1.99. The first-order valence-corrected chi connectivity index (χ1v) is 7.60. The Labute approximate surface area is 114 Å². The highest BCUT2D eigenvalue weighted by molar-refractivity contribution is 5.83. The summed E-state index contributed by atoms with van der Waals surface area (Å²) in [5.74, 6) is 2.03. The lowest BCUT2D eigenvalue weighted by Crippen LogP contribution is -2.39. The van der Waals surface area contributed by atoms with E-state index in [0.29, 0.717) is 6.04 Å². The van der Waals surface area contributed by atoms with Crippen molar-refractivity contribution in [3.8, 4) is 0 Å². The SMILES string of the molecule is C[C@H](Cc1c[nH]c2ccccc12)NC1CC2CC1C2. The van der Waals surface area contributed by atoms with Gasteiger partial charge in [0, 0.05) is 29.2 Å². The van der Waals surface area contributed by atoms with Crippen LogP contribution in [0.1, 0.15) is 31.7 Å². The predicted molar refractivity (Wildman–Crippen MR) is 79.2 cm³/mol. The van der Waals surface area contributed by atoms with Crippen molar-refractivity contribution in [2.75, 3.05) is 0 Å². The Morgan fingerprint density at radius 3 is 2.89 bits per heavy atom. The summed E-state index contributed by atoms with van der Waals surface area (Å²) in [5.41, 5.74) is 2.70. The normalized spacial score (nSPS) is 30.5. The molecule has 0 radical (unpaired) electrons. The minimum atomic E-state index is 0.573. The number of fused-ring (bicyclic) bond motifs is 2. The summed E-state index contributed by atoms with van der Waals surface area (Å²) >= 11 is 0. The molecule has 1 heterocycles. The summed E-state index contributed by atoms with van der Waals surface area (Å²) in [5, 5.41) is 5.24. The fourth-order valence-electron chi connectivity index (χ4n) is 4.12. The van der Waals surface area contributed by atoms with Crippen LogP contribution >= 0.6 is 0 Å². The van der Waals surface area contributed by atoms with E-state index < -0.39 is 0 Å². The largest absolute Gasteiger partial charge is 0.361 e. The van der Waals surface area contributed by atoms with E-state index >= 15 is 0 Å². The Kier molecular flexibility index (Phi) is 2.66. The van der Waals surface area contributed by atoms with E-state index in [1.807, 2.05) is 0 Å². The summed E-state index contributed by atoms with van der Waals surface area (Å²) < 4.78 is 0. The molecule has 1 unspecified atom stereocenters. The maximum absolute atomic E-state index is 3.86. The van der Waals surface area contributed by atoms with Gasteiger partial charge in [0.25, 0.3) is 0 Å². The maximum atomic E-state index is 3.86. The van der Waals surface area contributed by atoms with Crippen molar-refractivity contribution in [1.82, 2.24) is 10.3 Å². The van der Waals surface area contributed by atoms with Crippen molar-refractivity contribution < 1.29 is 0 Å². The molecule has 3 aliphatic carbocycles. The third-order valence-corrected chi connectivity index (χ3v) is 5.13. The van der Waals surface area contributed by atoms with E-state index in [9.17, 15) is 0 Å². The van der Waals surface area contributed by atoms with Crippen LogP contribution in [0, 0.1) is 11.8 Å². The molecule has 2 bridgehead atoms. The monoisotopic (exact) mass is 254 g/mol. The quantitative estimate of drug-likeness (QED) is 0.859. The summed E-state index contributed by atoms with van der Waals surface area (Å²) in [4.78, 5) is 3.38. The molecule has 1 aromatic heterocycles. The number of para-hydroxylation sites is 1. The second-order valence-corrected chi connectivity index (χ2v) is 6.57. The van der Waals surface area contributed by atoms with Crippen LogP contribution in [-0.2, 0) is 6.42 Å². The number of hydrogen-bond acceptors (Lipinski definition) is 1. The molecule has 0 saturated heterocycles. The zero-order valence-electron chi connectivity index (χ0n) is 11.5. The summed E-state index contributed by atoms with van der Waals surface area (Å²) in [6.07, 6.45) is 7.69. The predicted octanol–water partition coefficient (Wildman–Crippen LogP) is 3.49. The Balaban J connectivity index is 1.45. The molecule has 2 N–H and O–H groups in total. The fraction of sp³-hybridized carbons (Fsp3) is 0.529. The lowest BCUT2D eigenvalue weighted by atomic mass is 9.84. The first-order valence-electron chi connectivity index (χ1n) is 7.60. The Bertz CT molecular complexity index is 580. The minimum Gasteiger partial charge on any atom is -0.361 e. The van der Waals surface area contributed by atoms with Crippen molar-refractivity contribution in [1.29, 1.82) is 0 Å². The van der Waals surface area contributed by atoms with Gasteiger partial charge in [-0.25, -0.2) is 0 Å². The lowest BCUT2D eigenvalue weighted by molar-refractivity contribution is 0.275. The van der Waals surface area contributed by atoms with E-state index in [-0.39, 0.29) is 0 Å². The molecular formula is C17H22N2. The summed E-state index contributed by atoms with van der Waals surface area (Å²) in [6, 6.07) is 9.97. The number of aromatic amines is 1. The van der Waals surface area contributed by atoms with E-state index in [1.54, 1.807) is 0 Å². The summed E-state index contributed by atoms with van der Waals surface area (Å²) in [6.45, 7) is 2.33. The molecular weight excluding hydrogens is 232 g/mol. The van der Waals surface area contributed by atoms with Crippen molar-refractivity contribution in [2.24, 2.45) is 11.8 Å². The van der Waals surface area contributed by atoms with Gasteiger partial charge in [-0.2, -0.15) is 0 Å². The zero-order valence-corrected chi connectivity index (χ0v) is 11.5. The van der Waals surface area contributed by atoms with E-state index in [1.165, 1.54) is 35.7 Å². The molecule has 0 amide bonds. The van der Waals surface area contributed by atoms with Gasteiger partial charge in [0.05, 0.1) is 0 Å². The molecule has 3 aliphatic rings. The second kappa shape index (κ2) is 4.38. The highest BCUT2D eigenvalue weighted by Crippen LogP contribution is 2.48. The Morgan fingerprint density at radius 2 is 2.11 bits per heavy atom. The molecule has 5 rings (SSSR count). The molecule has 1 aromatic carbocycles. The van der Waals surface area contributed by atoms with Gasteiger partial charge in [-0.15, -0.1) is 0 Å². The van der Waals surface area contributed by atoms with Gasteiger partial charge < -0.3 is 10.3 Å². The van der Waals surface area contributed by atoms with E-state index in [4.69, 9.17) is 0 Å². The number of hydrogen-bond donors (Lipinski definition) is 2. The van der Waals surface area contributed by atoms with Crippen LogP contribution in [0.5, 0.6) is 0 Å². The highest BCUT2D eigenvalue weighted by Gasteiger charge is 2.44. The summed E-state index contributed by atoms with van der Waals surface area (Å²) in [7, 11) is 0. The number of benzene rings is 1. The van der Waals surface area contributed by atoms with Crippen molar-refractivity contribution in [3.63, 3.8) is 0 Å². The zero-order chi connectivity index (χ0) is 12.8. The van der Waals surface area contributed by atoms with Gasteiger partial charge >= 0.3 is 0 Å². The molecule has 2 heteroatoms. The van der Waals surface area contributed by atoms with Gasteiger partial charge in [0.15, 0.2) is 0 Å². The smallest absolute Gasteiger partial charge is 0.0456 e. The van der Waals surface area contributed by atoms with Crippen molar-refractivity contribution in [2.45, 2.75) is 44.7 Å². The molecule has 0 spiro atoms. The van der Waals surface area contributed by atoms with Gasteiger partial charge in [-0.3, -0.25) is 0 Å². The highest BCUT2D eigenvalue weighted by atomic mass is 15.0. The number of nitrogens with one attached hydrogen (secondary N) is 2. The first kappa shape index (κ1) is 11.5. The Morgan fingerprint density at radius 1 is 1.26 bits per heavy atom. The Hall–Kier alpha value is -1.28. The van der Waals surface area contributed by atoms with Gasteiger partial charge in [0.2, 0.25) is 0 Å². The molecule has 2 atom stereocenters. The van der Waals surface area contributed by atoms with E-state index in [2.05, 4.69) is 47.7 Å². The molecule has 3 fully saturated rings. The van der Waals surface area contributed by atoms with Gasteiger partial charge in [-0.1, -0.05) is 18.2 Å². The molecule has 2 aromatic rings. The average Bonchev–Trinajstić information content (AvgIpc) is 3.02. The minimum absolute atomic E-state index is 0.573. The molecule has 2 nitrogen and oxygen atoms in total. The van der Waals surface area contributed by atoms with Crippen LogP contribution in [0.4, 0.5) is 0 Å². The molecule has 0 aliphatic heterocycles. The number of aromatic nitrogens is 1. The van der Waals surface area contributed by atoms with Crippen LogP contribution in [0.15, 0.2) is 30.5 Å². The maximum Gasteiger partial charge on any atom is 0.0456 e. The standard InChI is InChI=1S/C17H22N2/c1-11(19-17-9-12-7-13(17)8-12)6-14-10-18-16-5-3-2-4-15(14)16/h2-5,10-13,17-19H,6-9H2,1H3/t11-,12?,13?,17?/m1/s1. The van der Waals surface area contributed by atoms with Crippen LogP contribution in [-0.4, -0.2) is 17.1 Å². The topological polar surface area (TPSA) is 27.8 Å². The lowest BCUT2D eigenvalue weighted by Gasteiger charge is -2.26. The molecule has 100 valence electrons. The van der Waals surface area contributed by atoms with Crippen molar-refractivity contribution in [3.05, 3.63) is 36.0 Å². The average molecular weight is 254 g/mol. The van der Waals surface area contributed by atoms with E-state index in [0.717, 1.165) is 24.3 Å². The van der Waals surface area contributed by atoms with Crippen LogP contribution in [0.25, 0.3) is 10.9 Å². The molecule has 19 heavy (non-hydrogen) atoms. The third-order valence-electron chi connectivity index (χ3n) is 5.13.